The van der Waals surface area contributed by atoms with Gasteiger partial charge < -0.3 is 5.11 Å². The fraction of sp³-hybridized carbons (Fsp3) is 0.167. The van der Waals surface area contributed by atoms with E-state index in [0.717, 1.165) is 33.5 Å². The number of halogens is 3. The maximum atomic E-state index is 11.2. The van der Waals surface area contributed by atoms with Crippen LogP contribution in [0.3, 0.4) is 0 Å². The lowest BCUT2D eigenvalue weighted by atomic mass is 9.85. The summed E-state index contributed by atoms with van der Waals surface area (Å²) >= 11 is 18.8. The van der Waals surface area contributed by atoms with Crippen LogP contribution in [0.4, 0.5) is 0 Å². The third-order valence-corrected chi connectivity index (χ3v) is 6.04. The number of aromatic nitrogens is 2. The minimum Gasteiger partial charge on any atom is -0.505 e. The summed E-state index contributed by atoms with van der Waals surface area (Å²) in [5.74, 6) is -0.0901. The van der Waals surface area contributed by atoms with Crippen LogP contribution in [-0.4, -0.2) is 15.1 Å². The second-order valence-electron chi connectivity index (χ2n) is 7.37. The van der Waals surface area contributed by atoms with Gasteiger partial charge in [0.25, 0.3) is 0 Å². The van der Waals surface area contributed by atoms with Gasteiger partial charge in [0, 0.05) is 50.9 Å². The van der Waals surface area contributed by atoms with Gasteiger partial charge in [-0.1, -0.05) is 59.1 Å². The minimum atomic E-state index is -0.242. The van der Waals surface area contributed by atoms with E-state index in [4.69, 9.17) is 34.8 Å². The molecule has 0 saturated carbocycles. The lowest BCUT2D eigenvalue weighted by molar-refractivity contribution is 0.469. The molecular weight excluding hydrogens is 439 g/mol. The first-order valence-corrected chi connectivity index (χ1v) is 10.6. The van der Waals surface area contributed by atoms with Crippen molar-refractivity contribution in [3.05, 3.63) is 97.9 Å². The van der Waals surface area contributed by atoms with Crippen LogP contribution in [-0.2, 0) is 6.42 Å². The molecule has 2 heterocycles. The molecule has 0 aliphatic heterocycles. The number of phenolic OH excluding ortho intramolecular Hbond substituents is 1. The molecule has 2 aromatic carbocycles. The van der Waals surface area contributed by atoms with Crippen LogP contribution in [0.15, 0.2) is 54.7 Å². The van der Waals surface area contributed by atoms with E-state index in [1.165, 1.54) is 0 Å². The Morgan fingerprint density at radius 3 is 2.37 bits per heavy atom. The Balaban J connectivity index is 1.91. The van der Waals surface area contributed by atoms with E-state index in [2.05, 4.69) is 9.97 Å². The second kappa shape index (κ2) is 8.43. The van der Waals surface area contributed by atoms with Gasteiger partial charge in [0.2, 0.25) is 0 Å². The maximum Gasteiger partial charge on any atom is 0.145 e. The molecule has 1 unspecified atom stereocenters. The molecule has 0 fully saturated rings. The number of hydrogen-bond donors (Lipinski definition) is 1. The molecule has 0 amide bonds. The molecule has 4 rings (SSSR count). The normalized spacial score (nSPS) is 12.3. The molecule has 0 spiro atoms. The standard InChI is InChI=1S/C24H19Cl3N2O/c1-13-9-17(26)12-28-22(13)11-20(18-8-6-16(25)10-21(18)27)19-7-5-15-4-3-14(2)29-23(15)24(19)30/h3-10,12,20,30H,11H2,1-2H3. The molecule has 1 N–H and O–H groups in total. The van der Waals surface area contributed by atoms with Crippen molar-refractivity contribution in [3.8, 4) is 5.75 Å². The largest absolute Gasteiger partial charge is 0.505 e. The van der Waals surface area contributed by atoms with Crippen LogP contribution in [0.25, 0.3) is 10.9 Å². The second-order valence-corrected chi connectivity index (χ2v) is 8.65. The van der Waals surface area contributed by atoms with Gasteiger partial charge in [-0.3, -0.25) is 4.98 Å². The Morgan fingerprint density at radius 2 is 1.63 bits per heavy atom. The van der Waals surface area contributed by atoms with Crippen LogP contribution in [0.5, 0.6) is 5.75 Å². The van der Waals surface area contributed by atoms with Crippen molar-refractivity contribution < 1.29 is 5.11 Å². The van der Waals surface area contributed by atoms with Crippen molar-refractivity contribution in [1.29, 1.82) is 0 Å². The number of rotatable bonds is 4. The molecule has 2 aromatic heterocycles. The predicted octanol–water partition coefficient (Wildman–Crippen LogP) is 7.29. The summed E-state index contributed by atoms with van der Waals surface area (Å²) in [6.07, 6.45) is 2.17. The number of nitrogens with zero attached hydrogens (tertiary/aromatic N) is 2. The third-order valence-electron chi connectivity index (χ3n) is 5.27. The number of benzene rings is 2. The Labute approximate surface area is 190 Å². The van der Waals surface area contributed by atoms with Crippen LogP contribution < -0.4 is 0 Å². The molecule has 30 heavy (non-hydrogen) atoms. The fourth-order valence-corrected chi connectivity index (χ4v) is 4.47. The van der Waals surface area contributed by atoms with Gasteiger partial charge >= 0.3 is 0 Å². The number of pyridine rings is 2. The summed E-state index contributed by atoms with van der Waals surface area (Å²) in [6.45, 7) is 3.87. The molecule has 0 saturated heterocycles. The first kappa shape index (κ1) is 20.9. The van der Waals surface area contributed by atoms with Gasteiger partial charge in [-0.2, -0.15) is 0 Å². The van der Waals surface area contributed by atoms with Crippen LogP contribution in [0, 0.1) is 13.8 Å². The summed E-state index contributed by atoms with van der Waals surface area (Å²) in [6, 6.07) is 15.1. The van der Waals surface area contributed by atoms with Crippen molar-refractivity contribution in [2.45, 2.75) is 26.2 Å². The van der Waals surface area contributed by atoms with Crippen molar-refractivity contribution in [2.24, 2.45) is 0 Å². The summed E-state index contributed by atoms with van der Waals surface area (Å²) < 4.78 is 0. The molecule has 152 valence electrons. The third kappa shape index (κ3) is 4.11. The molecule has 0 radical (unpaired) electrons. The van der Waals surface area contributed by atoms with E-state index in [1.54, 1.807) is 18.3 Å². The van der Waals surface area contributed by atoms with Crippen molar-refractivity contribution in [3.63, 3.8) is 0 Å². The first-order chi connectivity index (χ1) is 14.3. The SMILES string of the molecule is Cc1ccc2ccc(C(Cc3ncc(Cl)cc3C)c3ccc(Cl)cc3Cl)c(O)c2n1. The van der Waals surface area contributed by atoms with E-state index in [0.29, 0.717) is 27.0 Å². The Hall–Kier alpha value is -2.33. The zero-order valence-electron chi connectivity index (χ0n) is 16.5. The lowest BCUT2D eigenvalue weighted by Crippen LogP contribution is -2.09. The van der Waals surface area contributed by atoms with Gasteiger partial charge in [-0.15, -0.1) is 0 Å². The van der Waals surface area contributed by atoms with Gasteiger partial charge in [0.05, 0.1) is 5.02 Å². The average molecular weight is 458 g/mol. The lowest BCUT2D eigenvalue weighted by Gasteiger charge is -2.22. The topological polar surface area (TPSA) is 46.0 Å². The molecule has 1 atom stereocenters. The zero-order valence-corrected chi connectivity index (χ0v) is 18.7. The van der Waals surface area contributed by atoms with Gasteiger partial charge in [-0.25, -0.2) is 4.98 Å². The van der Waals surface area contributed by atoms with Crippen molar-refractivity contribution in [1.82, 2.24) is 9.97 Å². The van der Waals surface area contributed by atoms with Crippen LogP contribution in [0.1, 0.15) is 34.0 Å². The summed E-state index contributed by atoms with van der Waals surface area (Å²) in [5, 5.41) is 13.7. The Bertz CT molecular complexity index is 1260. The highest BCUT2D eigenvalue weighted by Gasteiger charge is 2.24. The average Bonchev–Trinajstić information content (AvgIpc) is 2.69. The number of aryl methyl sites for hydroxylation is 2. The Morgan fingerprint density at radius 1 is 0.900 bits per heavy atom. The fourth-order valence-electron chi connectivity index (χ4n) is 3.72. The molecule has 0 bridgehead atoms. The van der Waals surface area contributed by atoms with E-state index >= 15 is 0 Å². The molecule has 4 aromatic rings. The summed E-state index contributed by atoms with van der Waals surface area (Å²) in [5.41, 5.74) is 4.87. The van der Waals surface area contributed by atoms with Crippen molar-refractivity contribution >= 4 is 45.7 Å². The van der Waals surface area contributed by atoms with Crippen molar-refractivity contribution in [2.75, 3.05) is 0 Å². The molecule has 0 aliphatic rings. The maximum absolute atomic E-state index is 11.2. The van der Waals surface area contributed by atoms with Gasteiger partial charge in [0.15, 0.2) is 0 Å². The van der Waals surface area contributed by atoms with Crippen LogP contribution >= 0.6 is 34.8 Å². The molecule has 3 nitrogen and oxygen atoms in total. The highest BCUT2D eigenvalue weighted by molar-refractivity contribution is 6.35. The number of phenols is 1. The highest BCUT2D eigenvalue weighted by Crippen LogP contribution is 2.41. The smallest absolute Gasteiger partial charge is 0.145 e. The summed E-state index contributed by atoms with van der Waals surface area (Å²) in [7, 11) is 0. The quantitative estimate of drug-likeness (QED) is 0.350. The van der Waals surface area contributed by atoms with Gasteiger partial charge in [-0.05, 0) is 49.2 Å². The van der Waals surface area contributed by atoms with E-state index in [9.17, 15) is 5.11 Å². The van der Waals surface area contributed by atoms with E-state index in [1.807, 2.05) is 50.2 Å². The van der Waals surface area contributed by atoms with Crippen LogP contribution in [0.2, 0.25) is 15.1 Å². The Kier molecular flexibility index (Phi) is 5.88. The first-order valence-electron chi connectivity index (χ1n) is 9.48. The zero-order chi connectivity index (χ0) is 21.4. The van der Waals surface area contributed by atoms with E-state index in [-0.39, 0.29) is 11.7 Å². The van der Waals surface area contributed by atoms with E-state index < -0.39 is 0 Å². The predicted molar refractivity (Wildman–Crippen MR) is 124 cm³/mol. The monoisotopic (exact) mass is 456 g/mol. The van der Waals surface area contributed by atoms with Gasteiger partial charge in [0.1, 0.15) is 11.3 Å². The molecule has 0 aliphatic carbocycles. The highest BCUT2D eigenvalue weighted by atomic mass is 35.5. The number of aromatic hydroxyl groups is 1. The molecular formula is C24H19Cl3N2O. The summed E-state index contributed by atoms with van der Waals surface area (Å²) in [4.78, 5) is 9.07. The molecule has 6 heteroatoms. The minimum absolute atomic E-state index is 0.152. The number of hydrogen-bond acceptors (Lipinski definition) is 3. The number of fused-ring (bicyclic) bond motifs is 1.